The molecule has 1 heterocycles. The molecule has 176 valence electrons. The Morgan fingerprint density at radius 2 is 1.54 bits per heavy atom. The van der Waals surface area contributed by atoms with E-state index in [0.717, 1.165) is 41.9 Å². The number of carboxylic acids is 1. The van der Waals surface area contributed by atoms with Crippen LogP contribution in [0, 0.1) is 0 Å². The van der Waals surface area contributed by atoms with Gasteiger partial charge in [-0.2, -0.15) is 0 Å². The highest BCUT2D eigenvalue weighted by Gasteiger charge is 2.17. The number of benzene rings is 3. The van der Waals surface area contributed by atoms with Gasteiger partial charge in [-0.05, 0) is 59.7 Å². The third-order valence-electron chi connectivity index (χ3n) is 5.83. The topological polar surface area (TPSA) is 79.4 Å². The van der Waals surface area contributed by atoms with Gasteiger partial charge in [0, 0.05) is 17.7 Å². The van der Waals surface area contributed by atoms with E-state index in [9.17, 15) is 9.59 Å². The molecule has 0 aliphatic rings. The van der Waals surface area contributed by atoms with Gasteiger partial charge in [0.1, 0.15) is 5.75 Å². The number of ether oxygens (including phenoxy) is 1. The van der Waals surface area contributed by atoms with Crippen molar-refractivity contribution in [2.75, 3.05) is 0 Å². The van der Waals surface area contributed by atoms with Crippen molar-refractivity contribution in [3.8, 4) is 5.75 Å². The van der Waals surface area contributed by atoms with Crippen LogP contribution in [-0.2, 0) is 17.6 Å². The lowest BCUT2D eigenvalue weighted by atomic mass is 9.85. The van der Waals surface area contributed by atoms with Crippen molar-refractivity contribution in [1.82, 2.24) is 4.98 Å². The number of H-pyrrole nitrogens is 1. The van der Waals surface area contributed by atoms with Crippen LogP contribution in [0.3, 0.4) is 0 Å². The van der Waals surface area contributed by atoms with Gasteiger partial charge in [-0.25, -0.2) is 4.79 Å². The van der Waals surface area contributed by atoms with Crippen molar-refractivity contribution in [2.24, 2.45) is 0 Å². The number of nitrogens with one attached hydrogen (secondary N) is 1. The molecule has 4 aromatic rings. The molecule has 0 atom stereocenters. The van der Waals surface area contributed by atoms with Gasteiger partial charge in [0.2, 0.25) is 0 Å². The van der Waals surface area contributed by atoms with Crippen molar-refractivity contribution in [3.63, 3.8) is 0 Å². The second-order valence-electron chi connectivity index (χ2n) is 8.30. The molecule has 2 N–H and O–H groups in total. The summed E-state index contributed by atoms with van der Waals surface area (Å²) in [6.45, 7) is 0. The zero-order chi connectivity index (χ0) is 24.5. The van der Waals surface area contributed by atoms with E-state index in [2.05, 4.69) is 29.2 Å². The number of aliphatic carboxylic acids is 1. The van der Waals surface area contributed by atoms with Gasteiger partial charge in [-0.15, -0.1) is 0 Å². The molecule has 1 aromatic heterocycles. The van der Waals surface area contributed by atoms with E-state index in [-0.39, 0.29) is 11.5 Å². The minimum absolute atomic E-state index is 0.0284. The Morgan fingerprint density at radius 3 is 2.20 bits per heavy atom. The fourth-order valence-electron chi connectivity index (χ4n) is 4.20. The number of rotatable bonds is 10. The monoisotopic (exact) mass is 465 g/mol. The predicted octanol–water partition coefficient (Wildman–Crippen LogP) is 5.71. The van der Waals surface area contributed by atoms with E-state index in [1.807, 2.05) is 66.9 Å². The lowest BCUT2D eigenvalue weighted by Gasteiger charge is -2.19. The number of carbonyl (C=O) groups is 1. The Hall–Kier alpha value is -4.38. The van der Waals surface area contributed by atoms with Crippen molar-refractivity contribution in [3.05, 3.63) is 148 Å². The Morgan fingerprint density at radius 1 is 0.857 bits per heavy atom. The molecule has 35 heavy (non-hydrogen) atoms. The first kappa shape index (κ1) is 23.8. The number of aromatic amines is 1. The molecule has 0 bridgehead atoms. The first-order chi connectivity index (χ1) is 17.1. The summed E-state index contributed by atoms with van der Waals surface area (Å²) in [6, 6.07) is 30.2. The largest absolute Gasteiger partial charge is 0.478 e. The van der Waals surface area contributed by atoms with Crippen molar-refractivity contribution >= 4 is 5.97 Å². The number of aromatic nitrogens is 1. The SMILES string of the molecule is O=C(O)/C=C/Oc1cccc(CCCc2cc(C(c3ccccc3)c3ccccc3)c[nH]c2=O)c1. The fourth-order valence-corrected chi connectivity index (χ4v) is 4.20. The summed E-state index contributed by atoms with van der Waals surface area (Å²) in [4.78, 5) is 26.1. The average Bonchev–Trinajstić information content (AvgIpc) is 2.87. The zero-order valence-electron chi connectivity index (χ0n) is 19.3. The molecule has 0 aliphatic heterocycles. The molecule has 0 aliphatic carbocycles. The average molecular weight is 466 g/mol. The summed E-state index contributed by atoms with van der Waals surface area (Å²) in [5, 5.41) is 8.68. The summed E-state index contributed by atoms with van der Waals surface area (Å²) >= 11 is 0. The Balaban J connectivity index is 1.50. The summed E-state index contributed by atoms with van der Waals surface area (Å²) in [5.41, 5.74) is 5.15. The van der Waals surface area contributed by atoms with E-state index in [4.69, 9.17) is 9.84 Å². The molecule has 0 saturated heterocycles. The van der Waals surface area contributed by atoms with E-state index in [0.29, 0.717) is 12.2 Å². The number of carboxylic acid groups (broad SMARTS) is 1. The fraction of sp³-hybridized carbons (Fsp3) is 0.133. The third kappa shape index (κ3) is 6.58. The molecular weight excluding hydrogens is 438 g/mol. The smallest absolute Gasteiger partial charge is 0.331 e. The Labute approximate surface area is 204 Å². The lowest BCUT2D eigenvalue weighted by molar-refractivity contribution is -0.131. The number of hydrogen-bond acceptors (Lipinski definition) is 3. The molecule has 5 heteroatoms. The van der Waals surface area contributed by atoms with Crippen LogP contribution in [0.1, 0.15) is 40.2 Å². The Bertz CT molecular complexity index is 1300. The van der Waals surface area contributed by atoms with Crippen LogP contribution in [0.2, 0.25) is 0 Å². The van der Waals surface area contributed by atoms with Crippen molar-refractivity contribution in [2.45, 2.75) is 25.2 Å². The maximum atomic E-state index is 12.6. The van der Waals surface area contributed by atoms with E-state index in [1.165, 1.54) is 11.1 Å². The molecule has 3 aromatic carbocycles. The second kappa shape index (κ2) is 11.7. The standard InChI is InChI=1S/C30H27NO4/c32-28(33)17-18-35-27-16-8-10-22(19-27)9-7-15-25-20-26(21-31-30(25)34)29(23-11-3-1-4-12-23)24-13-5-2-6-14-24/h1-6,8,10-14,16-21,29H,7,9,15H2,(H,31,34)(H,32,33)/b18-17+. The van der Waals surface area contributed by atoms with Gasteiger partial charge >= 0.3 is 5.97 Å². The number of pyridine rings is 1. The van der Waals surface area contributed by atoms with Crippen molar-refractivity contribution in [1.29, 1.82) is 0 Å². The third-order valence-corrected chi connectivity index (χ3v) is 5.83. The predicted molar refractivity (Wildman–Crippen MR) is 137 cm³/mol. The summed E-state index contributed by atoms with van der Waals surface area (Å²) in [7, 11) is 0. The summed E-state index contributed by atoms with van der Waals surface area (Å²) in [6.07, 6.45) is 6.13. The molecule has 0 spiro atoms. The minimum Gasteiger partial charge on any atom is -0.478 e. The quantitative estimate of drug-likeness (QED) is 0.232. The van der Waals surface area contributed by atoms with Crippen LogP contribution in [0.25, 0.3) is 0 Å². The lowest BCUT2D eigenvalue weighted by Crippen LogP contribution is -2.15. The van der Waals surface area contributed by atoms with Crippen LogP contribution >= 0.6 is 0 Å². The zero-order valence-corrected chi connectivity index (χ0v) is 19.3. The highest BCUT2D eigenvalue weighted by atomic mass is 16.5. The Kier molecular flexibility index (Phi) is 7.92. The maximum Gasteiger partial charge on any atom is 0.331 e. The molecule has 0 unspecified atom stereocenters. The highest BCUT2D eigenvalue weighted by Crippen LogP contribution is 2.31. The van der Waals surface area contributed by atoms with Gasteiger partial charge in [0.25, 0.3) is 5.56 Å². The van der Waals surface area contributed by atoms with Crippen LogP contribution in [-0.4, -0.2) is 16.1 Å². The van der Waals surface area contributed by atoms with Crippen LogP contribution in [0.5, 0.6) is 5.75 Å². The van der Waals surface area contributed by atoms with Crippen LogP contribution < -0.4 is 10.3 Å². The summed E-state index contributed by atoms with van der Waals surface area (Å²) in [5.74, 6) is -0.454. The summed E-state index contributed by atoms with van der Waals surface area (Å²) < 4.78 is 5.35. The molecule has 0 fully saturated rings. The van der Waals surface area contributed by atoms with Gasteiger partial charge in [0.15, 0.2) is 0 Å². The van der Waals surface area contributed by atoms with E-state index in [1.54, 1.807) is 6.07 Å². The van der Waals surface area contributed by atoms with Crippen LogP contribution in [0.15, 0.2) is 114 Å². The van der Waals surface area contributed by atoms with Gasteiger partial charge in [-0.3, -0.25) is 4.79 Å². The highest BCUT2D eigenvalue weighted by molar-refractivity contribution is 5.79. The van der Waals surface area contributed by atoms with Crippen LogP contribution in [0.4, 0.5) is 0 Å². The van der Waals surface area contributed by atoms with E-state index < -0.39 is 5.97 Å². The van der Waals surface area contributed by atoms with Gasteiger partial charge in [0.05, 0.1) is 12.3 Å². The van der Waals surface area contributed by atoms with Gasteiger partial charge < -0.3 is 14.8 Å². The second-order valence-corrected chi connectivity index (χ2v) is 8.30. The number of hydrogen-bond donors (Lipinski definition) is 2. The maximum absolute atomic E-state index is 12.6. The molecular formula is C30H27NO4. The van der Waals surface area contributed by atoms with Crippen molar-refractivity contribution < 1.29 is 14.6 Å². The van der Waals surface area contributed by atoms with E-state index >= 15 is 0 Å². The molecule has 0 amide bonds. The molecule has 4 rings (SSSR count). The molecule has 0 radical (unpaired) electrons. The minimum atomic E-state index is -1.06. The van der Waals surface area contributed by atoms with Gasteiger partial charge in [-0.1, -0.05) is 72.8 Å². The first-order valence-electron chi connectivity index (χ1n) is 11.6. The molecule has 5 nitrogen and oxygen atoms in total. The first-order valence-corrected chi connectivity index (χ1v) is 11.6. The molecule has 0 saturated carbocycles. The number of aryl methyl sites for hydroxylation is 2. The normalized spacial score (nSPS) is 11.1.